The highest BCUT2D eigenvalue weighted by Gasteiger charge is 2.12. The lowest BCUT2D eigenvalue weighted by Crippen LogP contribution is -2.21. The van der Waals surface area contributed by atoms with E-state index in [0.717, 1.165) is 24.5 Å². The predicted molar refractivity (Wildman–Crippen MR) is 95.6 cm³/mol. The normalized spacial score (nSPS) is 10.2. The van der Waals surface area contributed by atoms with Gasteiger partial charge in [0.15, 0.2) is 0 Å². The molecule has 2 aromatic carbocycles. The molecular formula is C19H24N2O2. The van der Waals surface area contributed by atoms with Crippen molar-refractivity contribution in [3.05, 3.63) is 54.1 Å². The average molecular weight is 312 g/mol. The smallest absolute Gasteiger partial charge is 0.259 e. The molecular weight excluding hydrogens is 288 g/mol. The molecule has 0 radical (unpaired) electrons. The Kier molecular flexibility index (Phi) is 6.03. The Morgan fingerprint density at radius 2 is 1.65 bits per heavy atom. The van der Waals surface area contributed by atoms with E-state index < -0.39 is 0 Å². The van der Waals surface area contributed by atoms with Gasteiger partial charge in [0.05, 0.1) is 12.2 Å². The number of anilines is 2. The fourth-order valence-electron chi connectivity index (χ4n) is 2.48. The van der Waals surface area contributed by atoms with Gasteiger partial charge in [0, 0.05) is 24.5 Å². The molecule has 0 spiro atoms. The Morgan fingerprint density at radius 3 is 2.26 bits per heavy atom. The van der Waals surface area contributed by atoms with Gasteiger partial charge in [0.2, 0.25) is 0 Å². The summed E-state index contributed by atoms with van der Waals surface area (Å²) in [6.07, 6.45) is 0. The molecule has 2 rings (SSSR count). The monoisotopic (exact) mass is 312 g/mol. The number of para-hydroxylation sites is 1. The first kappa shape index (κ1) is 16.9. The number of hydrogen-bond donors (Lipinski definition) is 1. The lowest BCUT2D eigenvalue weighted by atomic mass is 10.1. The van der Waals surface area contributed by atoms with Crippen LogP contribution in [0.25, 0.3) is 0 Å². The molecule has 1 amide bonds. The second kappa shape index (κ2) is 8.22. The minimum absolute atomic E-state index is 0.162. The highest BCUT2D eigenvalue weighted by Crippen LogP contribution is 2.21. The number of nitrogens with one attached hydrogen (secondary N) is 1. The van der Waals surface area contributed by atoms with E-state index in [0.29, 0.717) is 17.9 Å². The van der Waals surface area contributed by atoms with Crippen LogP contribution in [0.3, 0.4) is 0 Å². The number of hydrogen-bond acceptors (Lipinski definition) is 3. The van der Waals surface area contributed by atoms with Crippen molar-refractivity contribution in [2.75, 3.05) is 29.9 Å². The third kappa shape index (κ3) is 4.25. The zero-order valence-corrected chi connectivity index (χ0v) is 14.0. The number of carbonyl (C=O) groups excluding carboxylic acids is 1. The number of benzene rings is 2. The van der Waals surface area contributed by atoms with Crippen LogP contribution in [0.1, 0.15) is 31.1 Å². The van der Waals surface area contributed by atoms with Crippen LogP contribution >= 0.6 is 0 Å². The van der Waals surface area contributed by atoms with Crippen molar-refractivity contribution in [3.8, 4) is 5.75 Å². The van der Waals surface area contributed by atoms with Gasteiger partial charge >= 0.3 is 0 Å². The molecule has 23 heavy (non-hydrogen) atoms. The van der Waals surface area contributed by atoms with Crippen LogP contribution in [0.4, 0.5) is 11.4 Å². The van der Waals surface area contributed by atoms with Crippen molar-refractivity contribution in [2.45, 2.75) is 20.8 Å². The topological polar surface area (TPSA) is 41.6 Å². The van der Waals surface area contributed by atoms with Crippen molar-refractivity contribution >= 4 is 17.3 Å². The Labute approximate surface area is 138 Å². The molecule has 1 N–H and O–H groups in total. The maximum Gasteiger partial charge on any atom is 0.259 e. The molecule has 0 saturated heterocycles. The largest absolute Gasteiger partial charge is 0.493 e. The predicted octanol–water partition coefficient (Wildman–Crippen LogP) is 4.18. The van der Waals surface area contributed by atoms with E-state index in [2.05, 4.69) is 24.1 Å². The third-order valence-electron chi connectivity index (χ3n) is 3.69. The molecule has 2 aromatic rings. The van der Waals surface area contributed by atoms with E-state index in [4.69, 9.17) is 4.74 Å². The molecule has 0 aliphatic heterocycles. The Hall–Kier alpha value is -2.49. The molecule has 4 nitrogen and oxygen atoms in total. The summed E-state index contributed by atoms with van der Waals surface area (Å²) in [5, 5.41) is 2.92. The van der Waals surface area contributed by atoms with Crippen molar-refractivity contribution < 1.29 is 9.53 Å². The lowest BCUT2D eigenvalue weighted by Gasteiger charge is -2.21. The summed E-state index contributed by atoms with van der Waals surface area (Å²) in [6.45, 7) is 8.62. The second-order valence-corrected chi connectivity index (χ2v) is 5.10. The van der Waals surface area contributed by atoms with Crippen LogP contribution in [0.15, 0.2) is 48.5 Å². The molecule has 0 atom stereocenters. The van der Waals surface area contributed by atoms with E-state index in [1.165, 1.54) is 0 Å². The first-order valence-corrected chi connectivity index (χ1v) is 8.07. The molecule has 4 heteroatoms. The van der Waals surface area contributed by atoms with Crippen molar-refractivity contribution in [3.63, 3.8) is 0 Å². The molecule has 0 bridgehead atoms. The maximum atomic E-state index is 12.4. The van der Waals surface area contributed by atoms with E-state index in [9.17, 15) is 4.79 Å². The van der Waals surface area contributed by atoms with Gasteiger partial charge in [0.25, 0.3) is 5.91 Å². The van der Waals surface area contributed by atoms with Gasteiger partial charge in [0.1, 0.15) is 5.75 Å². The Balaban J connectivity index is 2.11. The van der Waals surface area contributed by atoms with Gasteiger partial charge in [-0.25, -0.2) is 0 Å². The molecule has 0 aliphatic rings. The van der Waals surface area contributed by atoms with E-state index >= 15 is 0 Å². The fraction of sp³-hybridized carbons (Fsp3) is 0.316. The molecule has 0 heterocycles. The number of ether oxygens (including phenoxy) is 1. The first-order valence-electron chi connectivity index (χ1n) is 8.07. The summed E-state index contributed by atoms with van der Waals surface area (Å²) in [7, 11) is 0. The highest BCUT2D eigenvalue weighted by molar-refractivity contribution is 6.06. The Morgan fingerprint density at radius 1 is 1.00 bits per heavy atom. The van der Waals surface area contributed by atoms with Crippen LogP contribution in [0, 0.1) is 0 Å². The Bertz CT molecular complexity index is 634. The first-order chi connectivity index (χ1) is 11.2. The zero-order chi connectivity index (χ0) is 16.7. The molecule has 122 valence electrons. The summed E-state index contributed by atoms with van der Waals surface area (Å²) in [5.74, 6) is 0.442. The number of amides is 1. The van der Waals surface area contributed by atoms with Crippen molar-refractivity contribution in [1.29, 1.82) is 0 Å². The van der Waals surface area contributed by atoms with Crippen LogP contribution < -0.4 is 15.0 Å². The van der Waals surface area contributed by atoms with Crippen LogP contribution in [-0.2, 0) is 0 Å². The molecule has 0 aromatic heterocycles. The minimum atomic E-state index is -0.162. The van der Waals surface area contributed by atoms with Crippen LogP contribution in [-0.4, -0.2) is 25.6 Å². The summed E-state index contributed by atoms with van der Waals surface area (Å²) in [6, 6.07) is 15.2. The zero-order valence-electron chi connectivity index (χ0n) is 14.0. The van der Waals surface area contributed by atoms with Crippen molar-refractivity contribution in [2.24, 2.45) is 0 Å². The van der Waals surface area contributed by atoms with Gasteiger partial charge in [-0.05, 0) is 57.2 Å². The van der Waals surface area contributed by atoms with E-state index in [1.807, 2.05) is 49.4 Å². The minimum Gasteiger partial charge on any atom is -0.493 e. The van der Waals surface area contributed by atoms with Gasteiger partial charge < -0.3 is 15.0 Å². The van der Waals surface area contributed by atoms with Gasteiger partial charge in [-0.1, -0.05) is 12.1 Å². The second-order valence-electron chi connectivity index (χ2n) is 5.10. The fourth-order valence-corrected chi connectivity index (χ4v) is 2.48. The van der Waals surface area contributed by atoms with Crippen molar-refractivity contribution in [1.82, 2.24) is 0 Å². The van der Waals surface area contributed by atoms with Gasteiger partial charge in [-0.15, -0.1) is 0 Å². The molecule has 0 unspecified atom stereocenters. The van der Waals surface area contributed by atoms with E-state index in [-0.39, 0.29) is 5.91 Å². The van der Waals surface area contributed by atoms with Crippen LogP contribution in [0.2, 0.25) is 0 Å². The van der Waals surface area contributed by atoms with E-state index in [1.54, 1.807) is 6.07 Å². The SMILES string of the molecule is CCOc1ccccc1C(=O)Nc1ccc(N(CC)CC)cc1. The van der Waals surface area contributed by atoms with Gasteiger partial charge in [-0.3, -0.25) is 4.79 Å². The summed E-state index contributed by atoms with van der Waals surface area (Å²) in [5.41, 5.74) is 2.47. The number of nitrogens with zero attached hydrogens (tertiary/aromatic N) is 1. The summed E-state index contributed by atoms with van der Waals surface area (Å²) in [4.78, 5) is 14.7. The molecule has 0 aliphatic carbocycles. The average Bonchev–Trinajstić information content (AvgIpc) is 2.58. The van der Waals surface area contributed by atoms with Gasteiger partial charge in [-0.2, -0.15) is 0 Å². The maximum absolute atomic E-state index is 12.4. The lowest BCUT2D eigenvalue weighted by molar-refractivity contribution is 0.102. The number of carbonyl (C=O) groups is 1. The molecule has 0 fully saturated rings. The standard InChI is InChI=1S/C19H24N2O2/c1-4-21(5-2)16-13-11-15(12-14-16)20-19(22)17-9-7-8-10-18(17)23-6-3/h7-14H,4-6H2,1-3H3,(H,20,22). The molecule has 0 saturated carbocycles. The number of rotatable bonds is 7. The van der Waals surface area contributed by atoms with Crippen LogP contribution in [0.5, 0.6) is 5.75 Å². The summed E-state index contributed by atoms with van der Waals surface area (Å²) < 4.78 is 5.51. The quantitative estimate of drug-likeness (QED) is 0.833. The summed E-state index contributed by atoms with van der Waals surface area (Å²) >= 11 is 0. The highest BCUT2D eigenvalue weighted by atomic mass is 16.5. The third-order valence-corrected chi connectivity index (χ3v) is 3.69.